The van der Waals surface area contributed by atoms with E-state index < -0.39 is 29.0 Å². The monoisotopic (exact) mass is 565 g/mol. The molecule has 0 unspecified atom stereocenters. The molecule has 1 aliphatic heterocycles. The van der Waals surface area contributed by atoms with E-state index in [0.717, 1.165) is 31.2 Å². The first kappa shape index (κ1) is 30.1. The number of aliphatic hydroxyl groups excluding tert-OH is 1. The zero-order valence-corrected chi connectivity index (χ0v) is 23.4. The van der Waals surface area contributed by atoms with Gasteiger partial charge in [-0.15, -0.1) is 0 Å². The summed E-state index contributed by atoms with van der Waals surface area (Å²) in [7, 11) is 0. The lowest BCUT2D eigenvalue weighted by molar-refractivity contribution is -0.384. The lowest BCUT2D eigenvalue weighted by atomic mass is 9.95. The summed E-state index contributed by atoms with van der Waals surface area (Å²) < 4.78 is 0. The summed E-state index contributed by atoms with van der Waals surface area (Å²) in [5, 5.41) is 31.8. The van der Waals surface area contributed by atoms with E-state index in [1.807, 2.05) is 30.3 Å². The number of anilines is 1. The normalized spacial score (nSPS) is 18.0. The third-order valence-electron chi connectivity index (χ3n) is 7.82. The van der Waals surface area contributed by atoms with E-state index in [-0.39, 0.29) is 35.7 Å². The Morgan fingerprint density at radius 3 is 2.49 bits per heavy atom. The number of amides is 3. The van der Waals surface area contributed by atoms with Crippen molar-refractivity contribution in [2.24, 2.45) is 0 Å². The van der Waals surface area contributed by atoms with E-state index in [0.29, 0.717) is 31.5 Å². The lowest BCUT2D eigenvalue weighted by Gasteiger charge is -2.27. The third kappa shape index (κ3) is 8.34. The fourth-order valence-corrected chi connectivity index (χ4v) is 5.42. The number of carbonyl (C=O) groups is 3. The van der Waals surface area contributed by atoms with Gasteiger partial charge < -0.3 is 26.0 Å². The molecule has 2 aromatic rings. The third-order valence-corrected chi connectivity index (χ3v) is 7.82. The molecule has 11 nitrogen and oxygen atoms in total. The topological polar surface area (TPSA) is 154 Å². The molecule has 0 aromatic heterocycles. The van der Waals surface area contributed by atoms with E-state index in [2.05, 4.69) is 16.0 Å². The highest BCUT2D eigenvalue weighted by Gasteiger charge is 2.28. The van der Waals surface area contributed by atoms with Crippen LogP contribution in [0.15, 0.2) is 48.5 Å². The molecule has 0 spiro atoms. The van der Waals surface area contributed by atoms with Crippen molar-refractivity contribution in [2.45, 2.75) is 82.5 Å². The Hall–Kier alpha value is -3.83. The van der Waals surface area contributed by atoms with Crippen molar-refractivity contribution in [3.8, 4) is 0 Å². The standard InChI is InChI=1S/C30H39N5O6/c1-20(29(38)32-23-11-6-3-7-12-23)31-19-27(36)26(15-21-9-4-2-5-10-21)33-30(39)22-16-24(18-25(17-22)35(40)41)34-14-8-13-28(34)37/h2,4-5,9-10,16-18,20,23,26-27,31,36H,3,6-8,11-15,19H2,1H3,(H,32,38)(H,33,39)/t20-,26-,27+/m0/s1. The highest BCUT2D eigenvalue weighted by Crippen LogP contribution is 2.28. The molecule has 2 fully saturated rings. The average molecular weight is 566 g/mol. The molecule has 2 aliphatic rings. The Balaban J connectivity index is 1.46. The van der Waals surface area contributed by atoms with Crippen molar-refractivity contribution in [3.63, 3.8) is 0 Å². The average Bonchev–Trinajstić information content (AvgIpc) is 3.41. The molecule has 2 aromatic carbocycles. The molecule has 4 N–H and O–H groups in total. The quantitative estimate of drug-likeness (QED) is 0.228. The van der Waals surface area contributed by atoms with Gasteiger partial charge in [0.1, 0.15) is 0 Å². The predicted octanol–water partition coefficient (Wildman–Crippen LogP) is 2.85. The lowest BCUT2D eigenvalue weighted by Crippen LogP contribution is -2.53. The first-order valence-electron chi connectivity index (χ1n) is 14.4. The van der Waals surface area contributed by atoms with Crippen LogP contribution < -0.4 is 20.9 Å². The highest BCUT2D eigenvalue weighted by molar-refractivity contribution is 6.00. The van der Waals surface area contributed by atoms with Crippen LogP contribution in [0.25, 0.3) is 0 Å². The number of nitrogens with zero attached hydrogens (tertiary/aromatic N) is 2. The molecule has 4 rings (SSSR count). The zero-order valence-electron chi connectivity index (χ0n) is 23.4. The van der Waals surface area contributed by atoms with Crippen molar-refractivity contribution in [1.29, 1.82) is 0 Å². The Labute approximate surface area is 239 Å². The fraction of sp³-hybridized carbons (Fsp3) is 0.500. The number of nitro groups is 1. The number of hydrogen-bond acceptors (Lipinski definition) is 7. The molecule has 0 bridgehead atoms. The molecule has 220 valence electrons. The maximum absolute atomic E-state index is 13.4. The van der Waals surface area contributed by atoms with Crippen LogP contribution in [-0.2, 0) is 16.0 Å². The minimum Gasteiger partial charge on any atom is -0.390 e. The number of benzene rings is 2. The van der Waals surface area contributed by atoms with Gasteiger partial charge in [0.2, 0.25) is 11.8 Å². The molecule has 1 heterocycles. The Bertz CT molecular complexity index is 1230. The summed E-state index contributed by atoms with van der Waals surface area (Å²) >= 11 is 0. The molecule has 3 atom stereocenters. The summed E-state index contributed by atoms with van der Waals surface area (Å²) in [5.41, 5.74) is 0.896. The number of carbonyl (C=O) groups excluding carboxylic acids is 3. The van der Waals surface area contributed by atoms with E-state index in [9.17, 15) is 29.6 Å². The van der Waals surface area contributed by atoms with Gasteiger partial charge in [-0.25, -0.2) is 0 Å². The summed E-state index contributed by atoms with van der Waals surface area (Å²) in [4.78, 5) is 50.8. The Kier molecular flexibility index (Phi) is 10.4. The largest absolute Gasteiger partial charge is 0.390 e. The molecule has 0 radical (unpaired) electrons. The minimum absolute atomic E-state index is 0.0207. The number of nitro benzene ring substituents is 1. The van der Waals surface area contributed by atoms with Crippen molar-refractivity contribution in [1.82, 2.24) is 16.0 Å². The summed E-state index contributed by atoms with van der Waals surface area (Å²) in [6, 6.07) is 12.1. The second kappa shape index (κ2) is 14.2. The fourth-order valence-electron chi connectivity index (χ4n) is 5.42. The van der Waals surface area contributed by atoms with E-state index >= 15 is 0 Å². The van der Waals surface area contributed by atoms with Gasteiger partial charge in [-0.2, -0.15) is 0 Å². The summed E-state index contributed by atoms with van der Waals surface area (Å²) in [6.45, 7) is 2.20. The first-order chi connectivity index (χ1) is 19.7. The molecule has 1 saturated carbocycles. The van der Waals surface area contributed by atoms with E-state index in [1.165, 1.54) is 29.5 Å². The van der Waals surface area contributed by atoms with Crippen LogP contribution in [-0.4, -0.2) is 65.1 Å². The van der Waals surface area contributed by atoms with Crippen molar-refractivity contribution < 1.29 is 24.4 Å². The molecule has 3 amide bonds. The summed E-state index contributed by atoms with van der Waals surface area (Å²) in [6.07, 6.45) is 5.55. The van der Waals surface area contributed by atoms with Gasteiger partial charge in [0.25, 0.3) is 11.6 Å². The smallest absolute Gasteiger partial charge is 0.272 e. The van der Waals surface area contributed by atoms with Crippen LogP contribution in [0.3, 0.4) is 0 Å². The van der Waals surface area contributed by atoms with Crippen molar-refractivity contribution >= 4 is 29.1 Å². The minimum atomic E-state index is -1.07. The summed E-state index contributed by atoms with van der Waals surface area (Å²) in [5.74, 6) is -0.889. The van der Waals surface area contributed by atoms with Crippen LogP contribution in [0.2, 0.25) is 0 Å². The van der Waals surface area contributed by atoms with Crippen LogP contribution in [0.4, 0.5) is 11.4 Å². The van der Waals surface area contributed by atoms with Gasteiger partial charge in [-0.3, -0.25) is 24.5 Å². The Morgan fingerprint density at radius 2 is 1.83 bits per heavy atom. The van der Waals surface area contributed by atoms with Crippen LogP contribution in [0, 0.1) is 10.1 Å². The number of aliphatic hydroxyl groups is 1. The number of hydrogen-bond donors (Lipinski definition) is 4. The number of rotatable bonds is 12. The highest BCUT2D eigenvalue weighted by atomic mass is 16.6. The second-order valence-corrected chi connectivity index (χ2v) is 11.0. The van der Waals surface area contributed by atoms with Crippen LogP contribution in [0.5, 0.6) is 0 Å². The van der Waals surface area contributed by atoms with Gasteiger partial charge >= 0.3 is 0 Å². The first-order valence-corrected chi connectivity index (χ1v) is 14.4. The molecule has 41 heavy (non-hydrogen) atoms. The zero-order chi connectivity index (χ0) is 29.4. The number of nitrogens with one attached hydrogen (secondary N) is 3. The van der Waals surface area contributed by atoms with Gasteiger partial charge in [0, 0.05) is 43.2 Å². The number of non-ortho nitro benzene ring substituents is 1. The maximum atomic E-state index is 13.4. The van der Waals surface area contributed by atoms with E-state index in [1.54, 1.807) is 6.92 Å². The van der Waals surface area contributed by atoms with Crippen molar-refractivity contribution in [2.75, 3.05) is 18.0 Å². The van der Waals surface area contributed by atoms with Crippen molar-refractivity contribution in [3.05, 3.63) is 69.8 Å². The SMILES string of the molecule is C[C@H](NC[C@@H](O)[C@H](Cc1ccccc1)NC(=O)c1cc(N2CCCC2=O)cc([N+](=O)[O-])c1)C(=O)NC1CCCCC1. The predicted molar refractivity (Wildman–Crippen MR) is 155 cm³/mol. The van der Waals surface area contributed by atoms with Crippen LogP contribution >= 0.6 is 0 Å². The molecular formula is C30H39N5O6. The molecule has 1 aliphatic carbocycles. The van der Waals surface area contributed by atoms with Gasteiger partial charge in [0.05, 0.1) is 28.8 Å². The van der Waals surface area contributed by atoms with Gasteiger partial charge in [0.15, 0.2) is 0 Å². The van der Waals surface area contributed by atoms with E-state index in [4.69, 9.17) is 0 Å². The van der Waals surface area contributed by atoms with Gasteiger partial charge in [-0.05, 0) is 44.2 Å². The second-order valence-electron chi connectivity index (χ2n) is 11.0. The van der Waals surface area contributed by atoms with Crippen LogP contribution in [0.1, 0.15) is 67.8 Å². The molecular weight excluding hydrogens is 526 g/mol. The van der Waals surface area contributed by atoms with Gasteiger partial charge in [-0.1, -0.05) is 49.6 Å². The molecule has 1 saturated heterocycles. The Morgan fingerprint density at radius 1 is 1.10 bits per heavy atom. The maximum Gasteiger partial charge on any atom is 0.272 e. The molecule has 11 heteroatoms.